The molecule has 0 aromatic heterocycles. The molecule has 2 aliphatic rings. The summed E-state index contributed by atoms with van der Waals surface area (Å²) in [7, 11) is 0. The topological polar surface area (TPSA) is 50.9 Å². The van der Waals surface area contributed by atoms with E-state index in [0.29, 0.717) is 11.9 Å². The minimum atomic E-state index is 0.177. The number of hydrogen-bond acceptors (Lipinski definition) is 4. The summed E-state index contributed by atoms with van der Waals surface area (Å²) in [6.45, 7) is 0. The maximum absolute atomic E-state index is 5.42. The van der Waals surface area contributed by atoms with Crippen LogP contribution in [-0.2, 0) is 4.74 Å². The van der Waals surface area contributed by atoms with E-state index in [-0.39, 0.29) is 6.10 Å². The van der Waals surface area contributed by atoms with Gasteiger partial charge in [0, 0.05) is 5.75 Å². The normalized spacial score (nSPS) is 42.8. The second kappa shape index (κ2) is 1.39. The van der Waals surface area contributed by atoms with Gasteiger partial charge in [0.15, 0.2) is 0 Å². The molecule has 44 valence electrons. The molecule has 2 N–H and O–H groups in total. The summed E-state index contributed by atoms with van der Waals surface area (Å²) in [5.74, 6) is 1.64. The predicted octanol–water partition coefficient (Wildman–Crippen LogP) is -0.227. The Balaban J connectivity index is 2.18. The molecule has 1 fully saturated rings. The van der Waals surface area contributed by atoms with Gasteiger partial charge in [0.05, 0.1) is 0 Å². The monoisotopic (exact) mass is 130 g/mol. The number of fused-ring (bicyclic) bond motifs is 1. The molecule has 2 unspecified atom stereocenters. The summed E-state index contributed by atoms with van der Waals surface area (Å²) in [5, 5.41) is 0. The molecule has 0 saturated carbocycles. The van der Waals surface area contributed by atoms with Gasteiger partial charge in [-0.2, -0.15) is 0 Å². The van der Waals surface area contributed by atoms with Gasteiger partial charge in [0.2, 0.25) is 0 Å². The van der Waals surface area contributed by atoms with Crippen molar-refractivity contribution in [1.82, 2.24) is 0 Å². The molecular weight excluding hydrogens is 124 g/mol. The molecule has 0 aromatic carbocycles. The maximum atomic E-state index is 5.42. The molecule has 2 aliphatic heterocycles. The first-order chi connectivity index (χ1) is 3.88. The van der Waals surface area contributed by atoms with Crippen molar-refractivity contribution in [3.8, 4) is 0 Å². The Labute approximate surface area is 51.4 Å². The summed E-state index contributed by atoms with van der Waals surface area (Å²) in [5.41, 5.74) is 5.42. The lowest BCUT2D eigenvalue weighted by Crippen LogP contribution is -2.23. The Kier molecular flexibility index (Phi) is 0.804. The molecule has 0 amide bonds. The summed E-state index contributed by atoms with van der Waals surface area (Å²) in [6, 6.07) is 0. The van der Waals surface area contributed by atoms with Crippen LogP contribution in [-0.4, -0.2) is 23.8 Å². The van der Waals surface area contributed by atoms with E-state index in [9.17, 15) is 0 Å². The van der Waals surface area contributed by atoms with E-state index in [4.69, 9.17) is 10.5 Å². The highest BCUT2D eigenvalue weighted by Crippen LogP contribution is 2.31. The third-order valence-electron chi connectivity index (χ3n) is 1.28. The van der Waals surface area contributed by atoms with Crippen LogP contribution in [0.5, 0.6) is 0 Å². The van der Waals surface area contributed by atoms with E-state index < -0.39 is 0 Å². The van der Waals surface area contributed by atoms with E-state index >= 15 is 0 Å². The molecule has 0 bridgehead atoms. The smallest absolute Gasteiger partial charge is 0.143 e. The standard InChI is InChI=1S/C4H6N2OS/c5-4-3-2(7-3)1-8-6-4/h2-3H,1H2,(H2,5,6). The number of epoxide rings is 1. The van der Waals surface area contributed by atoms with Gasteiger partial charge in [-0.3, -0.25) is 0 Å². The zero-order chi connectivity index (χ0) is 5.56. The first kappa shape index (κ1) is 4.64. The Morgan fingerprint density at radius 3 is 3.38 bits per heavy atom. The fraction of sp³-hybridized carbons (Fsp3) is 0.750. The van der Waals surface area contributed by atoms with Gasteiger partial charge in [-0.15, -0.1) is 0 Å². The van der Waals surface area contributed by atoms with E-state index in [0.717, 1.165) is 5.75 Å². The summed E-state index contributed by atoms with van der Waals surface area (Å²) in [6.07, 6.45) is 0.564. The van der Waals surface area contributed by atoms with E-state index in [1.54, 1.807) is 0 Å². The van der Waals surface area contributed by atoms with Crippen LogP contribution >= 0.6 is 11.9 Å². The number of amidine groups is 1. The van der Waals surface area contributed by atoms with Crippen molar-refractivity contribution in [2.45, 2.75) is 12.2 Å². The van der Waals surface area contributed by atoms with E-state index in [1.807, 2.05) is 0 Å². The highest BCUT2D eigenvalue weighted by atomic mass is 32.2. The highest BCUT2D eigenvalue weighted by Gasteiger charge is 2.44. The molecule has 0 spiro atoms. The van der Waals surface area contributed by atoms with Gasteiger partial charge in [-0.1, -0.05) is 0 Å². The summed E-state index contributed by atoms with van der Waals surface area (Å²) in [4.78, 5) is 0. The molecule has 2 heterocycles. The number of hydrogen-bond donors (Lipinski definition) is 1. The van der Waals surface area contributed by atoms with Crippen LogP contribution in [0.4, 0.5) is 0 Å². The Hall–Kier alpha value is -0.220. The molecule has 8 heavy (non-hydrogen) atoms. The zero-order valence-corrected chi connectivity index (χ0v) is 5.02. The maximum Gasteiger partial charge on any atom is 0.143 e. The van der Waals surface area contributed by atoms with Gasteiger partial charge in [-0.05, 0) is 11.9 Å². The molecule has 4 heteroatoms. The van der Waals surface area contributed by atoms with Crippen LogP contribution in [0.3, 0.4) is 0 Å². The Morgan fingerprint density at radius 1 is 1.88 bits per heavy atom. The second-order valence-electron chi connectivity index (χ2n) is 1.91. The van der Waals surface area contributed by atoms with Gasteiger partial charge in [0.1, 0.15) is 18.0 Å². The van der Waals surface area contributed by atoms with Crippen LogP contribution in [0, 0.1) is 0 Å². The van der Waals surface area contributed by atoms with Crippen LogP contribution in [0.25, 0.3) is 0 Å². The van der Waals surface area contributed by atoms with Crippen molar-refractivity contribution in [2.24, 2.45) is 10.1 Å². The molecule has 3 nitrogen and oxygen atoms in total. The predicted molar refractivity (Wildman–Crippen MR) is 32.7 cm³/mol. The van der Waals surface area contributed by atoms with Gasteiger partial charge in [-0.25, -0.2) is 4.40 Å². The van der Waals surface area contributed by atoms with Crippen molar-refractivity contribution < 1.29 is 4.74 Å². The fourth-order valence-corrected chi connectivity index (χ4v) is 1.49. The first-order valence-electron chi connectivity index (χ1n) is 2.49. The third kappa shape index (κ3) is 0.530. The second-order valence-corrected chi connectivity index (χ2v) is 2.68. The van der Waals surface area contributed by atoms with Crippen LogP contribution in [0.15, 0.2) is 4.40 Å². The quantitative estimate of drug-likeness (QED) is 0.364. The first-order valence-corrected chi connectivity index (χ1v) is 3.43. The van der Waals surface area contributed by atoms with Gasteiger partial charge < -0.3 is 10.5 Å². The van der Waals surface area contributed by atoms with Crippen molar-refractivity contribution in [1.29, 1.82) is 0 Å². The van der Waals surface area contributed by atoms with Gasteiger partial charge >= 0.3 is 0 Å². The summed E-state index contributed by atoms with van der Waals surface area (Å²) >= 11 is 1.49. The van der Waals surface area contributed by atoms with Crippen molar-refractivity contribution in [3.63, 3.8) is 0 Å². The molecular formula is C4H6N2OS. The highest BCUT2D eigenvalue weighted by molar-refractivity contribution is 7.98. The molecule has 1 saturated heterocycles. The largest absolute Gasteiger partial charge is 0.384 e. The Bertz CT molecular complexity index is 147. The lowest BCUT2D eigenvalue weighted by atomic mass is 10.3. The lowest BCUT2D eigenvalue weighted by Gasteiger charge is -1.98. The average Bonchev–Trinajstić information content (AvgIpc) is 2.45. The van der Waals surface area contributed by atoms with Gasteiger partial charge in [0.25, 0.3) is 0 Å². The number of ether oxygens (including phenoxy) is 1. The minimum absolute atomic E-state index is 0.177. The SMILES string of the molecule is NC1=NSCC2OC12. The minimum Gasteiger partial charge on any atom is -0.384 e. The lowest BCUT2D eigenvalue weighted by molar-refractivity contribution is 0.409. The Morgan fingerprint density at radius 2 is 2.75 bits per heavy atom. The van der Waals surface area contributed by atoms with Crippen molar-refractivity contribution >= 4 is 17.8 Å². The molecule has 0 aromatic rings. The van der Waals surface area contributed by atoms with Crippen LogP contribution < -0.4 is 5.73 Å². The summed E-state index contributed by atoms with van der Waals surface area (Å²) < 4.78 is 9.05. The molecule has 2 atom stereocenters. The third-order valence-corrected chi connectivity index (χ3v) is 2.10. The van der Waals surface area contributed by atoms with Crippen molar-refractivity contribution in [2.75, 3.05) is 5.75 Å². The molecule has 2 rings (SSSR count). The van der Waals surface area contributed by atoms with Crippen LogP contribution in [0.2, 0.25) is 0 Å². The number of nitrogens with zero attached hydrogens (tertiary/aromatic N) is 1. The van der Waals surface area contributed by atoms with E-state index in [2.05, 4.69) is 4.40 Å². The number of rotatable bonds is 0. The fourth-order valence-electron chi connectivity index (χ4n) is 0.767. The molecule has 0 radical (unpaired) electrons. The zero-order valence-electron chi connectivity index (χ0n) is 4.20. The molecule has 0 aliphatic carbocycles. The average molecular weight is 130 g/mol. The van der Waals surface area contributed by atoms with Crippen molar-refractivity contribution in [3.05, 3.63) is 0 Å². The number of nitrogens with two attached hydrogens (primary N) is 1. The van der Waals surface area contributed by atoms with E-state index in [1.165, 1.54) is 11.9 Å². The van der Waals surface area contributed by atoms with Crippen LogP contribution in [0.1, 0.15) is 0 Å².